The standard InChI is InChI=1S/C39H48N6O5/c1-38(2,3)50-37(49)43-39(4,5)36(48)41-31(20-14-17-27-15-10-8-11-16-27)34(46)42-32-25-45(26-40-32)33(35(47)44(6)7)30-23-21-29(22-24-30)28-18-12-9-13-19-28/h8-13,15-16,18-19,21-26,31,33H,14,17,20H2,1-7H3,(H,41,48)(H,42,46)(H,43,49)/t31-,33?/m1/s1. The van der Waals surface area contributed by atoms with E-state index in [-0.39, 0.29) is 11.7 Å². The maximum absolute atomic E-state index is 13.7. The van der Waals surface area contributed by atoms with Crippen molar-refractivity contribution in [2.45, 2.75) is 77.1 Å². The van der Waals surface area contributed by atoms with Crippen molar-refractivity contribution < 1.29 is 23.9 Å². The SMILES string of the molecule is CN(C)C(=O)C(c1ccc(-c2ccccc2)cc1)n1cnc(NC(=O)[C@@H](CCCc2ccccc2)NC(=O)C(C)(C)NC(=O)OC(C)(C)C)c1. The molecule has 11 nitrogen and oxygen atoms in total. The summed E-state index contributed by atoms with van der Waals surface area (Å²) in [4.78, 5) is 59.0. The lowest BCUT2D eigenvalue weighted by atomic mass is 10.00. The molecule has 1 unspecified atom stereocenters. The summed E-state index contributed by atoms with van der Waals surface area (Å²) in [6.07, 6.45) is 3.99. The Labute approximate surface area is 294 Å². The second-order valence-electron chi connectivity index (χ2n) is 14.0. The molecule has 0 radical (unpaired) electrons. The van der Waals surface area contributed by atoms with Crippen LogP contribution in [0.15, 0.2) is 97.5 Å². The van der Waals surface area contributed by atoms with Crippen LogP contribution < -0.4 is 16.0 Å². The molecule has 4 aromatic rings. The van der Waals surface area contributed by atoms with E-state index in [1.54, 1.807) is 59.5 Å². The zero-order valence-corrected chi connectivity index (χ0v) is 29.9. The van der Waals surface area contributed by atoms with E-state index in [4.69, 9.17) is 4.74 Å². The fourth-order valence-corrected chi connectivity index (χ4v) is 5.31. The Morgan fingerprint density at radius 1 is 0.840 bits per heavy atom. The first-order chi connectivity index (χ1) is 23.6. The van der Waals surface area contributed by atoms with Crippen LogP contribution in [0, 0.1) is 0 Å². The molecular weight excluding hydrogens is 632 g/mol. The molecule has 3 N–H and O–H groups in total. The van der Waals surface area contributed by atoms with E-state index in [2.05, 4.69) is 20.9 Å². The molecule has 0 fully saturated rings. The number of aromatic nitrogens is 2. The summed E-state index contributed by atoms with van der Waals surface area (Å²) in [7, 11) is 3.38. The normalized spacial score (nSPS) is 12.7. The van der Waals surface area contributed by atoms with Crippen molar-refractivity contribution in [3.05, 3.63) is 109 Å². The number of rotatable bonds is 13. The molecule has 0 saturated carbocycles. The molecule has 4 rings (SSSR count). The minimum absolute atomic E-state index is 0.168. The fraction of sp³-hybridized carbons (Fsp3) is 0.359. The van der Waals surface area contributed by atoms with Crippen molar-refractivity contribution in [3.8, 4) is 11.1 Å². The first kappa shape index (κ1) is 37.4. The van der Waals surface area contributed by atoms with Gasteiger partial charge in [0.05, 0.1) is 6.33 Å². The van der Waals surface area contributed by atoms with Gasteiger partial charge in [-0.25, -0.2) is 9.78 Å². The van der Waals surface area contributed by atoms with Gasteiger partial charge in [0, 0.05) is 20.3 Å². The Morgan fingerprint density at radius 2 is 1.44 bits per heavy atom. The molecule has 1 aromatic heterocycles. The number of carbonyl (C=O) groups is 4. The minimum atomic E-state index is -1.38. The molecule has 4 amide bonds. The Kier molecular flexibility index (Phi) is 12.2. The van der Waals surface area contributed by atoms with E-state index in [1.807, 2.05) is 84.9 Å². The third-order valence-corrected chi connectivity index (χ3v) is 7.96. The summed E-state index contributed by atoms with van der Waals surface area (Å²) in [5, 5.41) is 8.24. The third-order valence-electron chi connectivity index (χ3n) is 7.96. The molecular formula is C39H48N6O5. The number of ether oxygens (including phenoxy) is 1. The molecule has 0 aliphatic carbocycles. The highest BCUT2D eigenvalue weighted by Gasteiger charge is 2.34. The number of aryl methyl sites for hydroxylation is 1. The topological polar surface area (TPSA) is 135 Å². The average molecular weight is 681 g/mol. The minimum Gasteiger partial charge on any atom is -0.444 e. The monoisotopic (exact) mass is 680 g/mol. The van der Waals surface area contributed by atoms with Gasteiger partial charge in [-0.05, 0) is 76.1 Å². The molecule has 0 saturated heterocycles. The Balaban J connectivity index is 1.52. The van der Waals surface area contributed by atoms with E-state index in [9.17, 15) is 19.2 Å². The lowest BCUT2D eigenvalue weighted by Crippen LogP contribution is -2.58. The Bertz CT molecular complexity index is 1740. The predicted molar refractivity (Wildman–Crippen MR) is 194 cm³/mol. The van der Waals surface area contributed by atoms with Crippen LogP contribution >= 0.6 is 0 Å². The van der Waals surface area contributed by atoms with Crippen LogP contribution in [0.3, 0.4) is 0 Å². The summed E-state index contributed by atoms with van der Waals surface area (Å²) in [5.74, 6) is -0.976. The van der Waals surface area contributed by atoms with Gasteiger partial charge in [0.15, 0.2) is 5.82 Å². The van der Waals surface area contributed by atoms with E-state index in [0.717, 1.165) is 22.3 Å². The highest BCUT2D eigenvalue weighted by atomic mass is 16.6. The van der Waals surface area contributed by atoms with Gasteiger partial charge in [-0.2, -0.15) is 0 Å². The summed E-state index contributed by atoms with van der Waals surface area (Å²) in [6, 6.07) is 25.9. The largest absolute Gasteiger partial charge is 0.444 e. The number of carbonyl (C=O) groups excluding carboxylic acids is 4. The van der Waals surface area contributed by atoms with Crippen molar-refractivity contribution in [3.63, 3.8) is 0 Å². The van der Waals surface area contributed by atoms with Gasteiger partial charge in [-0.15, -0.1) is 0 Å². The Morgan fingerprint density at radius 3 is 2.04 bits per heavy atom. The fourth-order valence-electron chi connectivity index (χ4n) is 5.31. The number of alkyl carbamates (subject to hydrolysis) is 1. The highest BCUT2D eigenvalue weighted by molar-refractivity contribution is 5.98. The van der Waals surface area contributed by atoms with E-state index in [1.165, 1.54) is 11.2 Å². The van der Waals surface area contributed by atoms with Crippen LogP contribution in [0.5, 0.6) is 0 Å². The molecule has 3 aromatic carbocycles. The maximum atomic E-state index is 13.7. The van der Waals surface area contributed by atoms with Crippen molar-refractivity contribution in [1.82, 2.24) is 25.1 Å². The number of anilines is 1. The smallest absolute Gasteiger partial charge is 0.408 e. The number of nitrogens with zero attached hydrogens (tertiary/aromatic N) is 3. The van der Waals surface area contributed by atoms with Gasteiger partial charge in [0.25, 0.3) is 0 Å². The lowest BCUT2D eigenvalue weighted by molar-refractivity contribution is -0.131. The van der Waals surface area contributed by atoms with Crippen LogP contribution in [0.1, 0.15) is 64.6 Å². The van der Waals surface area contributed by atoms with E-state index in [0.29, 0.717) is 19.3 Å². The van der Waals surface area contributed by atoms with Gasteiger partial charge in [-0.1, -0.05) is 84.9 Å². The number of likely N-dealkylation sites (N-methyl/N-ethyl adjacent to an activating group) is 1. The van der Waals surface area contributed by atoms with Crippen LogP contribution in [0.2, 0.25) is 0 Å². The van der Waals surface area contributed by atoms with Gasteiger partial charge >= 0.3 is 6.09 Å². The molecule has 0 aliphatic rings. The maximum Gasteiger partial charge on any atom is 0.408 e. The summed E-state index contributed by atoms with van der Waals surface area (Å²) >= 11 is 0. The van der Waals surface area contributed by atoms with E-state index < -0.39 is 41.1 Å². The zero-order valence-electron chi connectivity index (χ0n) is 29.9. The van der Waals surface area contributed by atoms with Crippen molar-refractivity contribution in [1.29, 1.82) is 0 Å². The second kappa shape index (κ2) is 16.3. The van der Waals surface area contributed by atoms with Gasteiger partial charge < -0.3 is 30.2 Å². The Hall–Kier alpha value is -5.45. The highest BCUT2D eigenvalue weighted by Crippen LogP contribution is 2.26. The third kappa shape index (κ3) is 10.5. The first-order valence-electron chi connectivity index (χ1n) is 16.7. The summed E-state index contributed by atoms with van der Waals surface area (Å²) in [5.41, 5.74) is 1.83. The van der Waals surface area contributed by atoms with Crippen molar-refractivity contribution in [2.75, 3.05) is 19.4 Å². The number of imidazole rings is 1. The van der Waals surface area contributed by atoms with Gasteiger partial charge in [0.1, 0.15) is 23.2 Å². The van der Waals surface area contributed by atoms with E-state index >= 15 is 0 Å². The van der Waals surface area contributed by atoms with Gasteiger partial charge in [0.2, 0.25) is 17.7 Å². The predicted octanol–water partition coefficient (Wildman–Crippen LogP) is 5.98. The van der Waals surface area contributed by atoms with Gasteiger partial charge in [-0.3, -0.25) is 14.4 Å². The molecule has 0 bridgehead atoms. The molecule has 264 valence electrons. The molecule has 11 heteroatoms. The number of hydrogen-bond acceptors (Lipinski definition) is 6. The quantitative estimate of drug-likeness (QED) is 0.159. The molecule has 1 heterocycles. The van der Waals surface area contributed by atoms with Crippen molar-refractivity contribution in [2.24, 2.45) is 0 Å². The number of hydrogen-bond donors (Lipinski definition) is 3. The number of nitrogens with one attached hydrogen (secondary N) is 3. The zero-order chi connectivity index (χ0) is 36.5. The van der Waals surface area contributed by atoms with Crippen LogP contribution in [-0.2, 0) is 25.5 Å². The van der Waals surface area contributed by atoms with Crippen LogP contribution in [-0.4, -0.2) is 69.5 Å². The first-order valence-corrected chi connectivity index (χ1v) is 16.7. The van der Waals surface area contributed by atoms with Crippen LogP contribution in [0.4, 0.5) is 10.6 Å². The molecule has 0 spiro atoms. The lowest BCUT2D eigenvalue weighted by Gasteiger charge is -2.29. The molecule has 0 aliphatic heterocycles. The van der Waals surface area contributed by atoms with Crippen molar-refractivity contribution >= 4 is 29.6 Å². The average Bonchev–Trinajstić information content (AvgIpc) is 3.51. The molecule has 2 atom stereocenters. The summed E-state index contributed by atoms with van der Waals surface area (Å²) < 4.78 is 6.99. The molecule has 50 heavy (non-hydrogen) atoms. The second-order valence-corrected chi connectivity index (χ2v) is 14.0. The number of amides is 4. The summed E-state index contributed by atoms with van der Waals surface area (Å²) in [6.45, 7) is 8.28. The van der Waals surface area contributed by atoms with Crippen LogP contribution in [0.25, 0.3) is 11.1 Å². The number of benzene rings is 3.